The molecule has 0 aliphatic heterocycles. The predicted octanol–water partition coefficient (Wildman–Crippen LogP) is 3.99. The van der Waals surface area contributed by atoms with Crippen LogP contribution >= 0.6 is 0 Å². The van der Waals surface area contributed by atoms with Crippen LogP contribution in [0.5, 0.6) is 0 Å². The molecule has 0 saturated heterocycles. The van der Waals surface area contributed by atoms with Crippen molar-refractivity contribution in [3.63, 3.8) is 0 Å². The van der Waals surface area contributed by atoms with Crippen molar-refractivity contribution < 1.29 is 9.59 Å². The molecule has 2 aromatic rings. The molecule has 0 radical (unpaired) electrons. The minimum absolute atomic E-state index is 0.0719. The molecule has 0 aliphatic carbocycles. The highest BCUT2D eigenvalue weighted by Crippen LogP contribution is 2.28. The van der Waals surface area contributed by atoms with Gasteiger partial charge in [0.2, 0.25) is 0 Å². The second kappa shape index (κ2) is 5.19. The van der Waals surface area contributed by atoms with Crippen molar-refractivity contribution in [2.75, 3.05) is 0 Å². The Labute approximate surface area is 113 Å². The predicted molar refractivity (Wildman–Crippen MR) is 76.7 cm³/mol. The highest BCUT2D eigenvalue weighted by molar-refractivity contribution is 5.95. The summed E-state index contributed by atoms with van der Waals surface area (Å²) < 4.78 is 0. The van der Waals surface area contributed by atoms with Gasteiger partial charge in [-0.3, -0.25) is 9.59 Å². The van der Waals surface area contributed by atoms with Crippen LogP contribution in [0.3, 0.4) is 0 Å². The first-order valence-corrected chi connectivity index (χ1v) is 6.20. The van der Waals surface area contributed by atoms with E-state index in [1.54, 1.807) is 6.92 Å². The summed E-state index contributed by atoms with van der Waals surface area (Å²) in [5, 5.41) is 0. The van der Waals surface area contributed by atoms with Crippen LogP contribution < -0.4 is 0 Å². The minimum Gasteiger partial charge on any atom is -0.298 e. The first-order chi connectivity index (χ1) is 9.02. The Bertz CT molecular complexity index is 654. The van der Waals surface area contributed by atoms with E-state index in [2.05, 4.69) is 0 Å². The van der Waals surface area contributed by atoms with Gasteiger partial charge in [0, 0.05) is 11.1 Å². The van der Waals surface area contributed by atoms with Gasteiger partial charge in [0.05, 0.1) is 0 Å². The molecule has 2 rings (SSSR count). The van der Waals surface area contributed by atoms with Gasteiger partial charge in [-0.25, -0.2) is 0 Å². The molecule has 0 atom stereocenters. The molecular weight excluding hydrogens is 236 g/mol. The number of aldehydes is 1. The number of benzene rings is 2. The molecule has 0 spiro atoms. The normalized spacial score (nSPS) is 10.3. The summed E-state index contributed by atoms with van der Waals surface area (Å²) in [5.74, 6) is 0.0719. The lowest BCUT2D eigenvalue weighted by Gasteiger charge is -2.11. The number of hydrogen-bond donors (Lipinski definition) is 0. The SMILES string of the molecule is CC(=O)c1ccc(-c2ccc(C=O)cc2C)c(C)c1. The fourth-order valence-corrected chi connectivity index (χ4v) is 2.25. The summed E-state index contributed by atoms with van der Waals surface area (Å²) in [6, 6.07) is 11.4. The summed E-state index contributed by atoms with van der Waals surface area (Å²) in [6.45, 7) is 5.55. The molecule has 0 N–H and O–H groups in total. The van der Waals surface area contributed by atoms with Crippen LogP contribution in [0, 0.1) is 13.8 Å². The monoisotopic (exact) mass is 252 g/mol. The van der Waals surface area contributed by atoms with Gasteiger partial charge in [0.15, 0.2) is 5.78 Å². The van der Waals surface area contributed by atoms with Crippen molar-refractivity contribution in [3.05, 3.63) is 58.7 Å². The minimum atomic E-state index is 0.0719. The van der Waals surface area contributed by atoms with Crippen molar-refractivity contribution in [1.82, 2.24) is 0 Å². The second-order valence-corrected chi connectivity index (χ2v) is 4.78. The third-order valence-corrected chi connectivity index (χ3v) is 3.31. The molecule has 96 valence electrons. The molecule has 0 aliphatic rings. The van der Waals surface area contributed by atoms with E-state index in [4.69, 9.17) is 0 Å². The Morgan fingerprint density at radius 1 is 0.947 bits per heavy atom. The van der Waals surface area contributed by atoms with Gasteiger partial charge in [-0.15, -0.1) is 0 Å². The maximum absolute atomic E-state index is 11.4. The highest BCUT2D eigenvalue weighted by atomic mass is 16.1. The number of hydrogen-bond acceptors (Lipinski definition) is 2. The Kier molecular flexibility index (Phi) is 3.61. The van der Waals surface area contributed by atoms with Gasteiger partial charge < -0.3 is 0 Å². The largest absolute Gasteiger partial charge is 0.298 e. The summed E-state index contributed by atoms with van der Waals surface area (Å²) in [7, 11) is 0. The van der Waals surface area contributed by atoms with E-state index < -0.39 is 0 Å². The zero-order valence-electron chi connectivity index (χ0n) is 11.4. The fraction of sp³-hybridized carbons (Fsp3) is 0.176. The zero-order chi connectivity index (χ0) is 14.0. The molecule has 2 nitrogen and oxygen atoms in total. The van der Waals surface area contributed by atoms with Crippen molar-refractivity contribution >= 4 is 12.1 Å². The van der Waals surface area contributed by atoms with Gasteiger partial charge in [0.1, 0.15) is 6.29 Å². The van der Waals surface area contributed by atoms with Crippen molar-refractivity contribution in [3.8, 4) is 11.1 Å². The molecule has 0 fully saturated rings. The summed E-state index contributed by atoms with van der Waals surface area (Å²) >= 11 is 0. The molecular formula is C17H16O2. The molecule has 0 aromatic heterocycles. The van der Waals surface area contributed by atoms with Crippen LogP contribution in [0.1, 0.15) is 38.8 Å². The van der Waals surface area contributed by atoms with E-state index in [-0.39, 0.29) is 5.78 Å². The first kappa shape index (κ1) is 13.2. The lowest BCUT2D eigenvalue weighted by Crippen LogP contribution is -1.95. The van der Waals surface area contributed by atoms with Crippen LogP contribution in [-0.2, 0) is 0 Å². The quantitative estimate of drug-likeness (QED) is 0.611. The molecule has 19 heavy (non-hydrogen) atoms. The van der Waals surface area contributed by atoms with Crippen LogP contribution in [0.4, 0.5) is 0 Å². The Hall–Kier alpha value is -2.22. The van der Waals surface area contributed by atoms with Crippen LogP contribution in [0.2, 0.25) is 0 Å². The number of carbonyl (C=O) groups is 2. The summed E-state index contributed by atoms with van der Waals surface area (Å²) in [4.78, 5) is 22.1. The standard InChI is InChI=1S/C17H16O2/c1-11-8-14(10-18)4-6-16(11)17-7-5-15(13(3)19)9-12(17)2/h4-10H,1-3H3. The van der Waals surface area contributed by atoms with Crippen molar-refractivity contribution in [1.29, 1.82) is 0 Å². The summed E-state index contributed by atoms with van der Waals surface area (Å²) in [5.41, 5.74) is 5.72. The smallest absolute Gasteiger partial charge is 0.159 e. The highest BCUT2D eigenvalue weighted by Gasteiger charge is 2.08. The van der Waals surface area contributed by atoms with Gasteiger partial charge in [-0.2, -0.15) is 0 Å². The Balaban J connectivity index is 2.53. The van der Waals surface area contributed by atoms with Crippen LogP contribution in [0.25, 0.3) is 11.1 Å². The third-order valence-electron chi connectivity index (χ3n) is 3.31. The average molecular weight is 252 g/mol. The van der Waals surface area contributed by atoms with Gasteiger partial charge in [0.25, 0.3) is 0 Å². The van der Waals surface area contributed by atoms with E-state index in [9.17, 15) is 9.59 Å². The van der Waals surface area contributed by atoms with Crippen LogP contribution in [0.15, 0.2) is 36.4 Å². The number of rotatable bonds is 3. The van der Waals surface area contributed by atoms with Crippen LogP contribution in [-0.4, -0.2) is 12.1 Å². The number of ketones is 1. The van der Waals surface area contributed by atoms with E-state index in [1.165, 1.54) is 0 Å². The van der Waals surface area contributed by atoms with Crippen molar-refractivity contribution in [2.24, 2.45) is 0 Å². The maximum atomic E-state index is 11.4. The molecule has 2 heteroatoms. The van der Waals surface area contributed by atoms with E-state index in [1.807, 2.05) is 50.2 Å². The summed E-state index contributed by atoms with van der Waals surface area (Å²) in [6.07, 6.45) is 0.850. The molecule has 0 unspecified atom stereocenters. The zero-order valence-corrected chi connectivity index (χ0v) is 11.4. The fourth-order valence-electron chi connectivity index (χ4n) is 2.25. The van der Waals surface area contributed by atoms with E-state index in [0.717, 1.165) is 34.1 Å². The van der Waals surface area contributed by atoms with Gasteiger partial charge >= 0.3 is 0 Å². The molecule has 2 aromatic carbocycles. The van der Waals surface area contributed by atoms with Crippen molar-refractivity contribution in [2.45, 2.75) is 20.8 Å². The number of Topliss-reactive ketones (excluding diaryl/α,β-unsaturated/α-hetero) is 1. The third kappa shape index (κ3) is 2.63. The molecule has 0 bridgehead atoms. The van der Waals surface area contributed by atoms with E-state index >= 15 is 0 Å². The second-order valence-electron chi connectivity index (χ2n) is 4.78. The Morgan fingerprint density at radius 3 is 2.00 bits per heavy atom. The molecule has 0 amide bonds. The maximum Gasteiger partial charge on any atom is 0.159 e. The van der Waals surface area contributed by atoms with Gasteiger partial charge in [-0.05, 0) is 55.2 Å². The molecule has 0 saturated carbocycles. The van der Waals surface area contributed by atoms with E-state index in [0.29, 0.717) is 5.56 Å². The first-order valence-electron chi connectivity index (χ1n) is 6.20. The Morgan fingerprint density at radius 2 is 1.53 bits per heavy atom. The van der Waals surface area contributed by atoms with Gasteiger partial charge in [-0.1, -0.05) is 24.3 Å². The topological polar surface area (TPSA) is 34.1 Å². The number of aryl methyl sites for hydroxylation is 2. The lowest BCUT2D eigenvalue weighted by molar-refractivity contribution is 0.101. The number of carbonyl (C=O) groups excluding carboxylic acids is 2. The lowest BCUT2D eigenvalue weighted by atomic mass is 9.93. The average Bonchev–Trinajstić information content (AvgIpc) is 2.39. The molecule has 0 heterocycles.